The molecule has 1 fully saturated rings. The van der Waals surface area contributed by atoms with Crippen molar-refractivity contribution in [2.24, 2.45) is 0 Å². The average Bonchev–Trinajstić information content (AvgIpc) is 3.42. The van der Waals surface area contributed by atoms with Gasteiger partial charge in [-0.3, -0.25) is 4.79 Å². The molecule has 1 atom stereocenters. The van der Waals surface area contributed by atoms with Crippen molar-refractivity contribution in [3.8, 4) is 11.3 Å². The summed E-state index contributed by atoms with van der Waals surface area (Å²) in [5.74, 6) is 0.765. The summed E-state index contributed by atoms with van der Waals surface area (Å²) in [7, 11) is -3.17. The van der Waals surface area contributed by atoms with Crippen molar-refractivity contribution in [3.05, 3.63) is 70.3 Å². The molecule has 2 aromatic heterocycles. The molecular weight excluding hydrogens is 437 g/mol. The zero-order valence-electron chi connectivity index (χ0n) is 15.2. The predicted molar refractivity (Wildman–Crippen MR) is 110 cm³/mol. The lowest BCUT2D eigenvalue weighted by Gasteiger charge is -2.26. The van der Waals surface area contributed by atoms with Gasteiger partial charge in [-0.05, 0) is 48.9 Å². The van der Waals surface area contributed by atoms with Crippen LogP contribution in [0.25, 0.3) is 11.3 Å². The molecule has 6 nitrogen and oxygen atoms in total. The third kappa shape index (κ3) is 4.37. The third-order valence-corrected chi connectivity index (χ3v) is 7.14. The Labute approximate surface area is 177 Å². The van der Waals surface area contributed by atoms with E-state index in [1.165, 1.54) is 11.2 Å². The summed E-state index contributed by atoms with van der Waals surface area (Å²) in [6.45, 7) is 0.109. The molecule has 29 heavy (non-hydrogen) atoms. The number of nitrogens with zero attached hydrogens (tertiary/aromatic N) is 1. The van der Waals surface area contributed by atoms with E-state index in [0.717, 1.165) is 0 Å². The van der Waals surface area contributed by atoms with Crippen molar-refractivity contribution in [2.75, 3.05) is 11.5 Å². The van der Waals surface area contributed by atoms with Crippen LogP contribution in [0.1, 0.15) is 22.7 Å². The summed E-state index contributed by atoms with van der Waals surface area (Å²) in [6, 6.07) is 11.3. The lowest BCUT2D eigenvalue weighted by Crippen LogP contribution is -2.40. The van der Waals surface area contributed by atoms with E-state index in [-0.39, 0.29) is 29.7 Å². The Morgan fingerprint density at radius 2 is 2.00 bits per heavy atom. The van der Waals surface area contributed by atoms with Gasteiger partial charge in [0.1, 0.15) is 11.5 Å². The second-order valence-electron chi connectivity index (χ2n) is 6.86. The van der Waals surface area contributed by atoms with E-state index >= 15 is 0 Å². The first kappa shape index (κ1) is 20.1. The Morgan fingerprint density at radius 3 is 2.69 bits per heavy atom. The maximum atomic E-state index is 12.9. The van der Waals surface area contributed by atoms with Crippen LogP contribution < -0.4 is 0 Å². The van der Waals surface area contributed by atoms with Crippen LogP contribution in [-0.2, 0) is 16.4 Å². The largest absolute Gasteiger partial charge is 0.459 e. The fraction of sp³-hybridized carbons (Fsp3) is 0.250. The van der Waals surface area contributed by atoms with Gasteiger partial charge in [0, 0.05) is 16.6 Å². The van der Waals surface area contributed by atoms with E-state index in [0.29, 0.717) is 33.6 Å². The quantitative estimate of drug-likeness (QED) is 0.560. The van der Waals surface area contributed by atoms with E-state index in [2.05, 4.69) is 0 Å². The minimum absolute atomic E-state index is 0.0567. The van der Waals surface area contributed by atoms with Crippen LogP contribution in [0.15, 0.2) is 57.6 Å². The van der Waals surface area contributed by atoms with Crippen molar-refractivity contribution in [2.45, 2.75) is 19.0 Å². The topological polar surface area (TPSA) is 80.7 Å². The highest BCUT2D eigenvalue weighted by Crippen LogP contribution is 2.32. The molecule has 0 saturated carbocycles. The number of carbonyl (C=O) groups is 1. The molecular formula is C20H17Cl2NO5S. The highest BCUT2D eigenvalue weighted by atomic mass is 35.5. The SMILES string of the molecule is O=C(c1ccco1)N(Cc1ccc(-c2cc(Cl)ccc2Cl)o1)[C@H]1CCS(=O)(=O)C1. The molecule has 0 bridgehead atoms. The van der Waals surface area contributed by atoms with Gasteiger partial charge in [0.15, 0.2) is 15.6 Å². The summed E-state index contributed by atoms with van der Waals surface area (Å²) in [4.78, 5) is 14.4. The number of benzene rings is 1. The molecule has 1 saturated heterocycles. The molecule has 0 spiro atoms. The minimum Gasteiger partial charge on any atom is -0.459 e. The summed E-state index contributed by atoms with van der Waals surface area (Å²) >= 11 is 12.3. The van der Waals surface area contributed by atoms with Crippen LogP contribution in [0.3, 0.4) is 0 Å². The standard InChI is InChI=1S/C20H17Cl2NO5S/c21-13-3-5-17(22)16(10-13)18-6-4-15(28-18)11-23(14-7-9-29(25,26)12-14)20(24)19-2-1-8-27-19/h1-6,8,10,14H,7,9,11-12H2/t14-/m0/s1. The van der Waals surface area contributed by atoms with Gasteiger partial charge in [-0.2, -0.15) is 0 Å². The van der Waals surface area contributed by atoms with Crippen LogP contribution in [0, 0.1) is 0 Å². The van der Waals surface area contributed by atoms with Crippen molar-refractivity contribution in [1.29, 1.82) is 0 Å². The summed E-state index contributed by atoms with van der Waals surface area (Å²) in [6.07, 6.45) is 1.78. The number of hydrogen-bond acceptors (Lipinski definition) is 5. The highest BCUT2D eigenvalue weighted by Gasteiger charge is 2.36. The molecule has 4 rings (SSSR count). The van der Waals surface area contributed by atoms with Gasteiger partial charge in [-0.15, -0.1) is 0 Å². The summed E-state index contributed by atoms with van der Waals surface area (Å²) in [5.41, 5.74) is 0.637. The van der Waals surface area contributed by atoms with Crippen LogP contribution in [0.4, 0.5) is 0 Å². The molecule has 0 N–H and O–H groups in total. The van der Waals surface area contributed by atoms with Gasteiger partial charge in [0.25, 0.3) is 5.91 Å². The third-order valence-electron chi connectivity index (χ3n) is 4.82. The van der Waals surface area contributed by atoms with Crippen molar-refractivity contribution in [3.63, 3.8) is 0 Å². The van der Waals surface area contributed by atoms with Crippen LogP contribution in [0.5, 0.6) is 0 Å². The molecule has 3 heterocycles. The van der Waals surface area contributed by atoms with Gasteiger partial charge in [-0.1, -0.05) is 23.2 Å². The number of amides is 1. The number of rotatable bonds is 5. The molecule has 152 valence electrons. The monoisotopic (exact) mass is 453 g/mol. The highest BCUT2D eigenvalue weighted by molar-refractivity contribution is 7.91. The molecule has 1 amide bonds. The number of halogens is 2. The van der Waals surface area contributed by atoms with Crippen LogP contribution in [0.2, 0.25) is 10.0 Å². The molecule has 1 aliphatic rings. The number of furan rings is 2. The molecule has 3 aromatic rings. The van der Waals surface area contributed by atoms with Crippen molar-refractivity contribution >= 4 is 38.9 Å². The van der Waals surface area contributed by atoms with E-state index in [4.69, 9.17) is 32.0 Å². The lowest BCUT2D eigenvalue weighted by molar-refractivity contribution is 0.0634. The van der Waals surface area contributed by atoms with E-state index in [9.17, 15) is 13.2 Å². The van der Waals surface area contributed by atoms with E-state index in [1.54, 1.807) is 42.5 Å². The Kier molecular flexibility index (Phi) is 5.46. The average molecular weight is 454 g/mol. The molecule has 0 unspecified atom stereocenters. The van der Waals surface area contributed by atoms with Gasteiger partial charge in [0.2, 0.25) is 0 Å². The molecule has 9 heteroatoms. The van der Waals surface area contributed by atoms with Crippen molar-refractivity contribution in [1.82, 2.24) is 4.90 Å². The Bertz CT molecular complexity index is 1140. The first-order valence-electron chi connectivity index (χ1n) is 8.91. The van der Waals surface area contributed by atoms with Crippen molar-refractivity contribution < 1.29 is 22.0 Å². The molecule has 1 aromatic carbocycles. The molecule has 1 aliphatic heterocycles. The van der Waals surface area contributed by atoms with Gasteiger partial charge >= 0.3 is 0 Å². The lowest BCUT2D eigenvalue weighted by atomic mass is 10.2. The summed E-state index contributed by atoms with van der Waals surface area (Å²) < 4.78 is 35.0. The normalized spacial score (nSPS) is 18.1. The van der Waals surface area contributed by atoms with E-state index in [1.807, 2.05) is 0 Å². The second kappa shape index (κ2) is 7.89. The minimum atomic E-state index is -3.17. The Balaban J connectivity index is 1.62. The van der Waals surface area contributed by atoms with E-state index < -0.39 is 15.9 Å². The molecule has 0 aliphatic carbocycles. The second-order valence-corrected chi connectivity index (χ2v) is 9.93. The van der Waals surface area contributed by atoms with Crippen LogP contribution in [-0.4, -0.2) is 36.8 Å². The predicted octanol–water partition coefficient (Wildman–Crippen LogP) is 4.68. The number of sulfone groups is 1. The smallest absolute Gasteiger partial charge is 0.290 e. The first-order chi connectivity index (χ1) is 13.8. The number of hydrogen-bond donors (Lipinski definition) is 0. The first-order valence-corrected chi connectivity index (χ1v) is 11.5. The summed E-state index contributed by atoms with van der Waals surface area (Å²) in [5, 5.41) is 1.01. The maximum Gasteiger partial charge on any atom is 0.290 e. The molecule has 0 radical (unpaired) electrons. The maximum absolute atomic E-state index is 12.9. The fourth-order valence-corrected chi connectivity index (χ4v) is 5.51. The fourth-order valence-electron chi connectivity index (χ4n) is 3.39. The van der Waals surface area contributed by atoms with Gasteiger partial charge < -0.3 is 13.7 Å². The number of carbonyl (C=O) groups excluding carboxylic acids is 1. The zero-order chi connectivity index (χ0) is 20.6. The van der Waals surface area contributed by atoms with Gasteiger partial charge in [-0.25, -0.2) is 8.42 Å². The van der Waals surface area contributed by atoms with Crippen LogP contribution >= 0.6 is 23.2 Å². The Hall–Kier alpha value is -2.22. The zero-order valence-corrected chi connectivity index (χ0v) is 17.5. The Morgan fingerprint density at radius 1 is 1.17 bits per heavy atom. The van der Waals surface area contributed by atoms with Gasteiger partial charge in [0.05, 0.1) is 29.3 Å².